The summed E-state index contributed by atoms with van der Waals surface area (Å²) in [7, 11) is -4.60. The van der Waals surface area contributed by atoms with Gasteiger partial charge in [-0.2, -0.15) is 8.42 Å². The summed E-state index contributed by atoms with van der Waals surface area (Å²) < 4.78 is 32.7. The first kappa shape index (κ1) is 20.5. The molecule has 0 saturated carbocycles. The molecule has 1 aromatic rings. The number of aliphatic hydroxyl groups excluding tert-OH is 3. The first-order chi connectivity index (χ1) is 13.0. The summed E-state index contributed by atoms with van der Waals surface area (Å²) in [5.74, 6) is -2.44. The van der Waals surface area contributed by atoms with Gasteiger partial charge in [-0.05, 0) is 26.0 Å². The van der Waals surface area contributed by atoms with Crippen molar-refractivity contribution in [3.8, 4) is 0 Å². The molecule has 2 heterocycles. The van der Waals surface area contributed by atoms with Crippen LogP contribution in [0.4, 0.5) is 5.69 Å². The molecular weight excluding hydrogens is 396 g/mol. The van der Waals surface area contributed by atoms with Crippen LogP contribution in [0.1, 0.15) is 24.2 Å². The van der Waals surface area contributed by atoms with Crippen LogP contribution in [0.2, 0.25) is 0 Å². The van der Waals surface area contributed by atoms with Gasteiger partial charge in [0.2, 0.25) is 0 Å². The van der Waals surface area contributed by atoms with Crippen molar-refractivity contribution in [2.45, 2.75) is 50.5 Å². The van der Waals surface area contributed by atoms with E-state index in [1.165, 1.54) is 38.1 Å². The summed E-state index contributed by atoms with van der Waals surface area (Å²) in [6, 6.07) is 4.85. The lowest BCUT2D eigenvalue weighted by Gasteiger charge is -2.47. The van der Waals surface area contributed by atoms with E-state index in [1.807, 2.05) is 0 Å². The van der Waals surface area contributed by atoms with Crippen LogP contribution >= 0.6 is 0 Å². The van der Waals surface area contributed by atoms with Gasteiger partial charge in [0, 0.05) is 6.04 Å². The Morgan fingerprint density at radius 3 is 2.29 bits per heavy atom. The van der Waals surface area contributed by atoms with Crippen molar-refractivity contribution in [2.24, 2.45) is 0 Å². The fourth-order valence-corrected chi connectivity index (χ4v) is 5.19. The summed E-state index contributed by atoms with van der Waals surface area (Å²) in [6.45, 7) is 2.94. The second-order valence-corrected chi connectivity index (χ2v) is 8.46. The Hall–Kier alpha value is -2.25. The Labute approximate surface area is 160 Å². The highest BCUT2D eigenvalue weighted by molar-refractivity contribution is 7.91. The number of carbonyl (C=O) groups excluding carboxylic acids is 1. The number of fused-ring (bicyclic) bond motifs is 1. The number of amides is 1. The van der Waals surface area contributed by atoms with Gasteiger partial charge in [-0.1, -0.05) is 12.1 Å². The molecule has 11 nitrogen and oxygen atoms in total. The first-order valence-corrected chi connectivity index (χ1v) is 9.79. The van der Waals surface area contributed by atoms with E-state index in [0.717, 1.165) is 0 Å². The minimum absolute atomic E-state index is 0.00527. The maximum absolute atomic E-state index is 13.2. The van der Waals surface area contributed by atoms with Crippen LogP contribution in [0.3, 0.4) is 0 Å². The van der Waals surface area contributed by atoms with Crippen LogP contribution in [0.15, 0.2) is 24.3 Å². The molecule has 12 heteroatoms. The van der Waals surface area contributed by atoms with Gasteiger partial charge in [-0.15, -0.1) is 0 Å². The van der Waals surface area contributed by atoms with E-state index < -0.39 is 58.8 Å². The minimum atomic E-state index is -4.60. The fraction of sp³-hybridized carbons (Fsp3) is 0.500. The SMILES string of the molecule is CC(C)N1C(=O)c2ccccc2N([C@@H]2O[C@H](C(=O)O)[C@@H](O)[C@H](O)[C@H]2O)S1(=O)=O. The number of hydrogen-bond donors (Lipinski definition) is 4. The number of hydrogen-bond acceptors (Lipinski definition) is 8. The van der Waals surface area contributed by atoms with Crippen LogP contribution in [0.5, 0.6) is 0 Å². The van der Waals surface area contributed by atoms with E-state index >= 15 is 0 Å². The Morgan fingerprint density at radius 2 is 1.71 bits per heavy atom. The van der Waals surface area contributed by atoms with Crippen LogP contribution in [0.25, 0.3) is 0 Å². The van der Waals surface area contributed by atoms with Gasteiger partial charge in [-0.3, -0.25) is 4.79 Å². The standard InChI is InChI=1S/C16H20N2O9S/c1-7(2)17-14(22)8-5-3-4-6-9(8)18(28(17,25)26)15-12(21)10(19)11(20)13(27-15)16(23)24/h3-7,10-13,15,19-21H,1-2H3,(H,23,24)/t10-,11-,12+,13-,15+/m0/s1. The number of para-hydroxylation sites is 1. The summed E-state index contributed by atoms with van der Waals surface area (Å²) in [5.41, 5.74) is -0.143. The zero-order valence-electron chi connectivity index (χ0n) is 14.9. The van der Waals surface area contributed by atoms with E-state index in [4.69, 9.17) is 4.74 Å². The van der Waals surface area contributed by atoms with Crippen LogP contribution in [-0.2, 0) is 19.7 Å². The molecule has 0 spiro atoms. The lowest BCUT2D eigenvalue weighted by atomic mass is 9.97. The summed E-state index contributed by atoms with van der Waals surface area (Å²) in [5, 5.41) is 39.5. The molecule has 2 aliphatic heterocycles. The van der Waals surface area contributed by atoms with E-state index in [1.54, 1.807) is 0 Å². The average molecular weight is 416 g/mol. The van der Waals surface area contributed by atoms with Crippen LogP contribution < -0.4 is 4.31 Å². The van der Waals surface area contributed by atoms with Gasteiger partial charge >= 0.3 is 16.2 Å². The number of anilines is 1. The molecule has 4 N–H and O–H groups in total. The summed E-state index contributed by atoms with van der Waals surface area (Å²) in [6.07, 6.45) is -9.83. The Kier molecular flexibility index (Phi) is 5.10. The molecule has 0 unspecified atom stereocenters. The number of ether oxygens (including phenoxy) is 1. The van der Waals surface area contributed by atoms with Crippen LogP contribution in [0, 0.1) is 0 Å². The van der Waals surface area contributed by atoms with Crippen LogP contribution in [-0.4, -0.2) is 81.7 Å². The van der Waals surface area contributed by atoms with E-state index in [2.05, 4.69) is 0 Å². The Morgan fingerprint density at radius 1 is 1.11 bits per heavy atom. The van der Waals surface area contributed by atoms with Crippen molar-refractivity contribution in [2.75, 3.05) is 4.31 Å². The number of benzene rings is 1. The third kappa shape index (κ3) is 2.93. The minimum Gasteiger partial charge on any atom is -0.479 e. The number of carboxylic acids is 1. The van der Waals surface area contributed by atoms with Gasteiger partial charge in [-0.25, -0.2) is 13.4 Å². The molecule has 0 aliphatic carbocycles. The summed E-state index contributed by atoms with van der Waals surface area (Å²) >= 11 is 0. The second kappa shape index (κ2) is 6.97. The maximum Gasteiger partial charge on any atom is 0.335 e. The molecular formula is C16H20N2O9S. The Bertz CT molecular complexity index is 903. The van der Waals surface area contributed by atoms with Gasteiger partial charge in [0.05, 0.1) is 11.3 Å². The van der Waals surface area contributed by atoms with Crippen molar-refractivity contribution in [1.82, 2.24) is 4.31 Å². The lowest BCUT2D eigenvalue weighted by Crippen LogP contribution is -2.68. The number of aliphatic carboxylic acids is 1. The molecule has 1 amide bonds. The Balaban J connectivity index is 2.19. The fourth-order valence-electron chi connectivity index (χ4n) is 3.32. The largest absolute Gasteiger partial charge is 0.479 e. The third-order valence-corrected chi connectivity index (χ3v) is 6.59. The summed E-state index contributed by atoms with van der Waals surface area (Å²) in [4.78, 5) is 24.1. The molecule has 1 saturated heterocycles. The highest BCUT2D eigenvalue weighted by atomic mass is 32.2. The monoisotopic (exact) mass is 416 g/mol. The molecule has 5 atom stereocenters. The first-order valence-electron chi connectivity index (χ1n) is 8.39. The average Bonchev–Trinajstić information content (AvgIpc) is 2.60. The number of carboxylic acid groups (broad SMARTS) is 1. The van der Waals surface area contributed by atoms with Gasteiger partial charge in [0.15, 0.2) is 12.3 Å². The van der Waals surface area contributed by atoms with Crippen molar-refractivity contribution in [3.63, 3.8) is 0 Å². The van der Waals surface area contributed by atoms with E-state index in [-0.39, 0.29) is 11.3 Å². The van der Waals surface area contributed by atoms with Crippen molar-refractivity contribution >= 4 is 27.8 Å². The molecule has 0 aromatic heterocycles. The molecule has 28 heavy (non-hydrogen) atoms. The predicted octanol–water partition coefficient (Wildman–Crippen LogP) is -1.51. The van der Waals surface area contributed by atoms with E-state index in [9.17, 15) is 38.4 Å². The normalized spacial score (nSPS) is 32.4. The van der Waals surface area contributed by atoms with Crippen molar-refractivity contribution < 1.29 is 43.2 Å². The highest BCUT2D eigenvalue weighted by Gasteiger charge is 2.55. The maximum atomic E-state index is 13.2. The smallest absolute Gasteiger partial charge is 0.335 e. The van der Waals surface area contributed by atoms with Crippen molar-refractivity contribution in [1.29, 1.82) is 0 Å². The lowest BCUT2D eigenvalue weighted by molar-refractivity contribution is -0.224. The zero-order valence-corrected chi connectivity index (χ0v) is 15.7. The molecule has 3 rings (SSSR count). The highest BCUT2D eigenvalue weighted by Crippen LogP contribution is 2.38. The molecule has 0 radical (unpaired) electrons. The zero-order chi connectivity index (χ0) is 21.0. The van der Waals surface area contributed by atoms with E-state index in [0.29, 0.717) is 8.61 Å². The van der Waals surface area contributed by atoms with Gasteiger partial charge in [0.1, 0.15) is 18.3 Å². The van der Waals surface area contributed by atoms with Gasteiger partial charge in [0.25, 0.3) is 5.91 Å². The second-order valence-electron chi connectivity index (χ2n) is 6.77. The third-order valence-electron chi connectivity index (χ3n) is 4.60. The molecule has 154 valence electrons. The topological polar surface area (TPSA) is 165 Å². The van der Waals surface area contributed by atoms with Gasteiger partial charge < -0.3 is 25.2 Å². The molecule has 1 aromatic carbocycles. The predicted molar refractivity (Wildman–Crippen MR) is 93.5 cm³/mol. The van der Waals surface area contributed by atoms with Crippen molar-refractivity contribution in [3.05, 3.63) is 29.8 Å². The molecule has 0 bridgehead atoms. The number of carbonyl (C=O) groups is 2. The quantitative estimate of drug-likeness (QED) is 0.458. The number of aliphatic hydroxyl groups is 3. The number of nitrogens with zero attached hydrogens (tertiary/aromatic N) is 2. The number of rotatable bonds is 3. The molecule has 1 fully saturated rings. The molecule has 2 aliphatic rings.